The average molecular weight is 1100 g/mol. The first-order chi connectivity index (χ1) is 28.1. The maximum absolute atomic E-state index is 4.49. The van der Waals surface area contributed by atoms with Crippen LogP contribution in [0.2, 0.25) is 0 Å². The van der Waals surface area contributed by atoms with Crippen LogP contribution in [0.1, 0.15) is 35.1 Å². The normalized spacial score (nSPS) is 10.5. The van der Waals surface area contributed by atoms with Gasteiger partial charge in [-0.3, -0.25) is 4.98 Å². The van der Waals surface area contributed by atoms with Gasteiger partial charge in [0.15, 0.2) is 12.4 Å². The van der Waals surface area contributed by atoms with Crippen molar-refractivity contribution in [2.24, 2.45) is 0 Å². The number of hydrogen-bond acceptors (Lipinski definition) is 3. The molecule has 0 saturated carbocycles. The number of benzene rings is 6. The zero-order chi connectivity index (χ0) is 40.0. The summed E-state index contributed by atoms with van der Waals surface area (Å²) in [5.41, 5.74) is 12.5. The Labute approximate surface area is 375 Å². The van der Waals surface area contributed by atoms with Crippen LogP contribution in [0.5, 0.6) is 0 Å². The van der Waals surface area contributed by atoms with E-state index >= 15 is 0 Å². The van der Waals surface area contributed by atoms with Crippen LogP contribution in [0.4, 0.5) is 11.4 Å². The number of nitrogens with zero attached hydrogens (tertiary/aromatic N) is 3. The molecule has 0 aliphatic carbocycles. The SMILES string of the molecule is C.CCN(CC)c1cc[nH+]cc1-c1c(-c2ccccc2)ccc2ccccc12.CCN(CC)c1ccncc1-c1c(-c2ccccc2)ccc2ccccc12.I[I-]I. The minimum atomic E-state index is 0. The van der Waals surface area contributed by atoms with Crippen LogP contribution in [0.3, 0.4) is 0 Å². The Morgan fingerprint density at radius 1 is 0.500 bits per heavy atom. The summed E-state index contributed by atoms with van der Waals surface area (Å²) in [7, 11) is 0. The molecule has 0 saturated heterocycles. The van der Waals surface area contributed by atoms with E-state index in [1.807, 2.05) is 18.6 Å². The predicted molar refractivity (Wildman–Crippen MR) is 266 cm³/mol. The summed E-state index contributed by atoms with van der Waals surface area (Å²) < 4.78 is 0. The number of aromatic amines is 1. The van der Waals surface area contributed by atoms with Crippen molar-refractivity contribution in [3.8, 4) is 44.5 Å². The van der Waals surface area contributed by atoms with Crippen LogP contribution >= 0.6 is 37.2 Å². The predicted octanol–water partition coefficient (Wildman–Crippen LogP) is 11.7. The van der Waals surface area contributed by atoms with Gasteiger partial charge in [0.2, 0.25) is 0 Å². The zero-order valence-electron chi connectivity index (χ0n) is 33.0. The molecule has 1 N–H and O–H groups in total. The number of hydrogen-bond donors (Lipinski definition) is 0. The molecule has 298 valence electrons. The van der Waals surface area contributed by atoms with Gasteiger partial charge in [0.25, 0.3) is 0 Å². The van der Waals surface area contributed by atoms with Gasteiger partial charge < -0.3 is 9.80 Å². The number of nitrogens with one attached hydrogen (secondary N) is 1. The second-order valence-corrected chi connectivity index (χ2v) is 29.6. The van der Waals surface area contributed by atoms with Gasteiger partial charge in [-0.1, -0.05) is 141 Å². The second kappa shape index (κ2) is 22.9. The molecule has 0 unspecified atom stereocenters. The molecular weight excluding hydrogens is 1050 g/mol. The minimum absolute atomic E-state index is 0. The number of aromatic nitrogens is 2. The Morgan fingerprint density at radius 2 is 0.931 bits per heavy atom. The van der Waals surface area contributed by atoms with Crippen LogP contribution < -0.4 is 28.0 Å². The first kappa shape index (κ1) is 45.0. The fraction of sp³-hybridized carbons (Fsp3) is 0.176. The average Bonchev–Trinajstić information content (AvgIpc) is 3.28. The Hall–Kier alpha value is -4.07. The molecule has 0 amide bonds. The van der Waals surface area contributed by atoms with Gasteiger partial charge in [-0.25, -0.2) is 4.98 Å². The van der Waals surface area contributed by atoms with Crippen molar-refractivity contribution in [2.45, 2.75) is 35.1 Å². The summed E-state index contributed by atoms with van der Waals surface area (Å²) in [5, 5.41) is 5.06. The molecule has 4 nitrogen and oxygen atoms in total. The quantitative estimate of drug-likeness (QED) is 0.128. The molecular formula is C51H53I3N4. The van der Waals surface area contributed by atoms with E-state index < -0.39 is 0 Å². The third-order valence-electron chi connectivity index (χ3n) is 10.4. The van der Waals surface area contributed by atoms with Crippen LogP contribution in [-0.4, -0.2) is 31.2 Å². The van der Waals surface area contributed by atoms with Gasteiger partial charge in [0.05, 0.1) is 11.3 Å². The van der Waals surface area contributed by atoms with Crippen LogP contribution in [0, 0.1) is 0 Å². The van der Waals surface area contributed by atoms with Crippen LogP contribution in [0.15, 0.2) is 170 Å². The fourth-order valence-corrected chi connectivity index (χ4v) is 7.72. The van der Waals surface area contributed by atoms with E-state index in [0.717, 1.165) is 26.2 Å². The Morgan fingerprint density at radius 3 is 1.41 bits per heavy atom. The van der Waals surface area contributed by atoms with Crippen molar-refractivity contribution < 1.29 is 18.2 Å². The summed E-state index contributed by atoms with van der Waals surface area (Å²) in [6.07, 6.45) is 8.07. The maximum atomic E-state index is 4.49. The number of rotatable bonds is 10. The van der Waals surface area contributed by atoms with Gasteiger partial charge >= 0.3 is 50.5 Å². The summed E-state index contributed by atoms with van der Waals surface area (Å²) in [6, 6.07) is 51.9. The molecule has 7 heteroatoms. The first-order valence-corrected chi connectivity index (χ1v) is 32.1. The summed E-state index contributed by atoms with van der Waals surface area (Å²) in [5.74, 6) is 0. The van der Waals surface area contributed by atoms with Crippen molar-refractivity contribution >= 4 is 70.2 Å². The van der Waals surface area contributed by atoms with Crippen molar-refractivity contribution in [1.82, 2.24) is 4.98 Å². The summed E-state index contributed by atoms with van der Waals surface area (Å²) >= 11 is 5.30. The third-order valence-corrected chi connectivity index (χ3v) is 10.4. The van der Waals surface area contributed by atoms with Crippen molar-refractivity contribution in [3.63, 3.8) is 0 Å². The van der Waals surface area contributed by atoms with E-state index in [1.54, 1.807) is 0 Å². The number of halogens is 3. The summed E-state index contributed by atoms with van der Waals surface area (Å²) in [4.78, 5) is 12.6. The molecule has 2 aromatic heterocycles. The first-order valence-electron chi connectivity index (χ1n) is 19.5. The van der Waals surface area contributed by atoms with Crippen molar-refractivity contribution in [1.29, 1.82) is 0 Å². The van der Waals surface area contributed by atoms with Crippen LogP contribution in [0.25, 0.3) is 66.1 Å². The molecule has 0 radical (unpaired) electrons. The Kier molecular flexibility index (Phi) is 17.8. The van der Waals surface area contributed by atoms with E-state index in [2.05, 4.69) is 236 Å². The van der Waals surface area contributed by atoms with Gasteiger partial charge in [0, 0.05) is 67.0 Å². The number of pyridine rings is 2. The molecule has 0 spiro atoms. The Bertz CT molecular complexity index is 2310. The number of fused-ring (bicyclic) bond motifs is 2. The fourth-order valence-electron chi connectivity index (χ4n) is 7.72. The molecule has 58 heavy (non-hydrogen) atoms. The van der Waals surface area contributed by atoms with Gasteiger partial charge in [0.1, 0.15) is 0 Å². The van der Waals surface area contributed by atoms with E-state index in [9.17, 15) is 0 Å². The molecule has 2 heterocycles. The standard InChI is InChI=1S/2C25H24N2.CH4.I3/c2*1-3-27(4-2)24-16-17-26-18-23(24)25-21-13-9-8-12-20(21)14-15-22(25)19-10-6-5-7-11-19;;1-3-2/h2*5-18H,3-4H2,1-2H3;1H4;/q;;;-1/p+1. The molecule has 8 aromatic rings. The molecule has 8 rings (SSSR count). The van der Waals surface area contributed by atoms with Gasteiger partial charge in [-0.15, -0.1) is 0 Å². The number of anilines is 2. The molecule has 0 fully saturated rings. The molecule has 0 atom stereocenters. The van der Waals surface area contributed by atoms with E-state index in [4.69, 9.17) is 0 Å². The molecule has 0 aliphatic rings. The summed E-state index contributed by atoms with van der Waals surface area (Å²) in [6.45, 7) is 12.7. The van der Waals surface area contributed by atoms with E-state index in [-0.39, 0.29) is 7.43 Å². The van der Waals surface area contributed by atoms with Crippen molar-refractivity contribution in [2.75, 3.05) is 36.0 Å². The second-order valence-electron chi connectivity index (χ2n) is 13.4. The zero-order valence-corrected chi connectivity index (χ0v) is 39.4. The molecule has 0 bridgehead atoms. The molecule has 6 aromatic carbocycles. The van der Waals surface area contributed by atoms with Gasteiger partial charge in [-0.2, -0.15) is 0 Å². The Balaban J connectivity index is 0.000000204. The topological polar surface area (TPSA) is 33.5 Å². The molecule has 0 aliphatic heterocycles. The van der Waals surface area contributed by atoms with E-state index in [0.29, 0.717) is 13.3 Å². The number of H-pyrrole nitrogens is 1. The third kappa shape index (κ3) is 10.4. The van der Waals surface area contributed by atoms with Crippen molar-refractivity contribution in [3.05, 3.63) is 170 Å². The van der Waals surface area contributed by atoms with E-state index in [1.165, 1.54) is 77.4 Å². The van der Waals surface area contributed by atoms with Gasteiger partial charge in [-0.05, 0) is 77.6 Å². The monoisotopic (exact) mass is 1100 g/mol. The van der Waals surface area contributed by atoms with Crippen LogP contribution in [-0.2, 0) is 0 Å².